The molecule has 0 amide bonds. The highest BCUT2D eigenvalue weighted by atomic mass is 32.1. The second-order valence-electron chi connectivity index (χ2n) is 4.16. The maximum atomic E-state index is 3.48. The standard InChI is InChI=1S/C11H17NS/c1-8(2)12-5-10-6-13-7-11(10)9-3-4-9/h6-9,12H,3-5H2,1-2H3. The zero-order chi connectivity index (χ0) is 9.26. The molecule has 13 heavy (non-hydrogen) atoms. The first-order chi connectivity index (χ1) is 6.27. The van der Waals surface area contributed by atoms with Gasteiger partial charge in [0.15, 0.2) is 0 Å². The molecule has 0 spiro atoms. The van der Waals surface area contributed by atoms with Crippen LogP contribution in [-0.2, 0) is 6.54 Å². The molecular weight excluding hydrogens is 178 g/mol. The van der Waals surface area contributed by atoms with Crippen LogP contribution in [0.15, 0.2) is 10.8 Å². The van der Waals surface area contributed by atoms with E-state index in [0.717, 1.165) is 12.5 Å². The van der Waals surface area contributed by atoms with E-state index < -0.39 is 0 Å². The van der Waals surface area contributed by atoms with Gasteiger partial charge in [0.2, 0.25) is 0 Å². The van der Waals surface area contributed by atoms with Crippen molar-refractivity contribution in [3.63, 3.8) is 0 Å². The van der Waals surface area contributed by atoms with E-state index in [9.17, 15) is 0 Å². The van der Waals surface area contributed by atoms with Crippen LogP contribution >= 0.6 is 11.3 Å². The number of rotatable bonds is 4. The molecule has 2 heteroatoms. The summed E-state index contributed by atoms with van der Waals surface area (Å²) < 4.78 is 0. The van der Waals surface area contributed by atoms with Gasteiger partial charge in [-0.3, -0.25) is 0 Å². The molecule has 1 nitrogen and oxygen atoms in total. The van der Waals surface area contributed by atoms with Crippen molar-refractivity contribution in [3.05, 3.63) is 21.9 Å². The first-order valence-corrected chi connectivity index (χ1v) is 6.00. The van der Waals surface area contributed by atoms with Crippen LogP contribution in [0.1, 0.15) is 43.7 Å². The fraction of sp³-hybridized carbons (Fsp3) is 0.636. The summed E-state index contributed by atoms with van der Waals surface area (Å²) in [7, 11) is 0. The normalized spacial score (nSPS) is 16.8. The van der Waals surface area contributed by atoms with Crippen LogP contribution in [0, 0.1) is 0 Å². The van der Waals surface area contributed by atoms with E-state index in [4.69, 9.17) is 0 Å². The van der Waals surface area contributed by atoms with E-state index in [1.54, 1.807) is 5.56 Å². The van der Waals surface area contributed by atoms with Crippen LogP contribution in [0.3, 0.4) is 0 Å². The Morgan fingerprint density at radius 3 is 2.85 bits per heavy atom. The maximum Gasteiger partial charge on any atom is 0.0218 e. The minimum Gasteiger partial charge on any atom is -0.310 e. The summed E-state index contributed by atoms with van der Waals surface area (Å²) in [5.41, 5.74) is 3.14. The van der Waals surface area contributed by atoms with Crippen molar-refractivity contribution in [2.75, 3.05) is 0 Å². The van der Waals surface area contributed by atoms with Crippen LogP contribution in [-0.4, -0.2) is 6.04 Å². The minimum atomic E-state index is 0.590. The SMILES string of the molecule is CC(C)NCc1cscc1C1CC1. The molecule has 0 unspecified atom stereocenters. The third-order valence-electron chi connectivity index (χ3n) is 2.49. The van der Waals surface area contributed by atoms with Crippen LogP contribution in [0.25, 0.3) is 0 Å². The second-order valence-corrected chi connectivity index (χ2v) is 4.91. The summed E-state index contributed by atoms with van der Waals surface area (Å²) in [6.45, 7) is 5.44. The fourth-order valence-corrected chi connectivity index (χ4v) is 2.49. The Balaban J connectivity index is 1.98. The predicted molar refractivity (Wildman–Crippen MR) is 58.3 cm³/mol. The van der Waals surface area contributed by atoms with Gasteiger partial charge in [-0.25, -0.2) is 0 Å². The van der Waals surface area contributed by atoms with E-state index in [1.165, 1.54) is 18.4 Å². The van der Waals surface area contributed by atoms with E-state index in [1.807, 2.05) is 11.3 Å². The molecular formula is C11H17NS. The van der Waals surface area contributed by atoms with E-state index >= 15 is 0 Å². The van der Waals surface area contributed by atoms with Gasteiger partial charge in [-0.1, -0.05) is 13.8 Å². The largest absolute Gasteiger partial charge is 0.310 e. The molecule has 0 radical (unpaired) electrons. The Morgan fingerprint density at radius 2 is 2.23 bits per heavy atom. The average Bonchev–Trinajstić information content (AvgIpc) is 2.82. The molecule has 0 atom stereocenters. The van der Waals surface area contributed by atoms with Crippen molar-refractivity contribution in [2.45, 2.75) is 45.2 Å². The van der Waals surface area contributed by atoms with Crippen LogP contribution in [0.2, 0.25) is 0 Å². The molecule has 1 fully saturated rings. The van der Waals surface area contributed by atoms with Crippen molar-refractivity contribution in [3.8, 4) is 0 Å². The van der Waals surface area contributed by atoms with Crippen molar-refractivity contribution < 1.29 is 0 Å². The topological polar surface area (TPSA) is 12.0 Å². The zero-order valence-electron chi connectivity index (χ0n) is 8.34. The summed E-state index contributed by atoms with van der Waals surface area (Å²) in [4.78, 5) is 0. The van der Waals surface area contributed by atoms with Gasteiger partial charge in [-0.15, -0.1) is 0 Å². The lowest BCUT2D eigenvalue weighted by molar-refractivity contribution is 0.587. The first kappa shape index (κ1) is 9.22. The lowest BCUT2D eigenvalue weighted by Crippen LogP contribution is -2.21. The Bertz CT molecular complexity index is 273. The molecule has 1 aromatic heterocycles. The first-order valence-electron chi connectivity index (χ1n) is 5.05. The number of nitrogens with one attached hydrogen (secondary N) is 1. The van der Waals surface area contributed by atoms with Gasteiger partial charge in [-0.2, -0.15) is 11.3 Å². The van der Waals surface area contributed by atoms with Crippen molar-refractivity contribution in [1.29, 1.82) is 0 Å². The van der Waals surface area contributed by atoms with Crippen molar-refractivity contribution in [2.24, 2.45) is 0 Å². The molecule has 0 saturated heterocycles. The molecule has 1 heterocycles. The van der Waals surface area contributed by atoms with Crippen LogP contribution in [0.4, 0.5) is 0 Å². The summed E-state index contributed by atoms with van der Waals surface area (Å²) in [5, 5.41) is 8.10. The quantitative estimate of drug-likeness (QED) is 0.778. The number of hydrogen-bond donors (Lipinski definition) is 1. The van der Waals surface area contributed by atoms with E-state index in [2.05, 4.69) is 29.9 Å². The summed E-state index contributed by atoms with van der Waals surface area (Å²) in [5.74, 6) is 0.898. The molecule has 1 aromatic rings. The molecule has 2 rings (SSSR count). The lowest BCUT2D eigenvalue weighted by atomic mass is 10.1. The van der Waals surface area contributed by atoms with Gasteiger partial charge >= 0.3 is 0 Å². The summed E-state index contributed by atoms with van der Waals surface area (Å²) in [6.07, 6.45) is 2.82. The highest BCUT2D eigenvalue weighted by Crippen LogP contribution is 2.42. The highest BCUT2D eigenvalue weighted by molar-refractivity contribution is 7.08. The Morgan fingerprint density at radius 1 is 1.46 bits per heavy atom. The Labute approximate surface area is 84.2 Å². The van der Waals surface area contributed by atoms with Crippen LogP contribution in [0.5, 0.6) is 0 Å². The third kappa shape index (κ3) is 2.32. The van der Waals surface area contributed by atoms with Gasteiger partial charge in [0.05, 0.1) is 0 Å². The summed E-state index contributed by atoms with van der Waals surface area (Å²) >= 11 is 1.85. The molecule has 1 aliphatic rings. The number of hydrogen-bond acceptors (Lipinski definition) is 2. The summed E-state index contributed by atoms with van der Waals surface area (Å²) in [6, 6.07) is 0.590. The molecule has 0 aliphatic heterocycles. The third-order valence-corrected chi connectivity index (χ3v) is 3.30. The van der Waals surface area contributed by atoms with Crippen molar-refractivity contribution >= 4 is 11.3 Å². The van der Waals surface area contributed by atoms with Gasteiger partial charge < -0.3 is 5.32 Å². The fourth-order valence-electron chi connectivity index (χ4n) is 1.54. The van der Waals surface area contributed by atoms with Crippen LogP contribution < -0.4 is 5.32 Å². The van der Waals surface area contributed by atoms with Gasteiger partial charge in [0.1, 0.15) is 0 Å². The second kappa shape index (κ2) is 3.81. The van der Waals surface area contributed by atoms with Crippen molar-refractivity contribution in [1.82, 2.24) is 5.32 Å². The molecule has 72 valence electrons. The highest BCUT2D eigenvalue weighted by Gasteiger charge is 2.26. The zero-order valence-corrected chi connectivity index (χ0v) is 9.16. The molecule has 1 aliphatic carbocycles. The molecule has 1 N–H and O–H groups in total. The molecule has 1 saturated carbocycles. The van der Waals surface area contributed by atoms with Gasteiger partial charge in [-0.05, 0) is 40.6 Å². The van der Waals surface area contributed by atoms with E-state index in [0.29, 0.717) is 6.04 Å². The average molecular weight is 195 g/mol. The smallest absolute Gasteiger partial charge is 0.0218 e. The van der Waals surface area contributed by atoms with E-state index in [-0.39, 0.29) is 0 Å². The Hall–Kier alpha value is -0.340. The predicted octanol–water partition coefficient (Wildman–Crippen LogP) is 3.12. The number of thiophene rings is 1. The van der Waals surface area contributed by atoms with Gasteiger partial charge in [0.25, 0.3) is 0 Å². The minimum absolute atomic E-state index is 0.590. The molecule has 0 bridgehead atoms. The lowest BCUT2D eigenvalue weighted by Gasteiger charge is -2.08. The maximum absolute atomic E-state index is 3.48. The monoisotopic (exact) mass is 195 g/mol. The molecule has 0 aromatic carbocycles. The van der Waals surface area contributed by atoms with Gasteiger partial charge in [0, 0.05) is 12.6 Å². The Kier molecular flexibility index (Phi) is 2.70.